The number of benzene rings is 1. The van der Waals surface area contributed by atoms with Gasteiger partial charge in [-0.3, -0.25) is 4.79 Å². The molecule has 2 fully saturated rings. The fourth-order valence-electron chi connectivity index (χ4n) is 4.19. The number of carbonyl (C=O) groups excluding carboxylic acids is 1. The van der Waals surface area contributed by atoms with Crippen molar-refractivity contribution in [3.63, 3.8) is 0 Å². The molecule has 1 aliphatic heterocycles. The summed E-state index contributed by atoms with van der Waals surface area (Å²) in [4.78, 5) is 13.7. The quantitative estimate of drug-likeness (QED) is 0.890. The number of likely N-dealkylation sites (tertiary alicyclic amines) is 1. The average molecular weight is 312 g/mol. The number of nitriles is 1. The van der Waals surface area contributed by atoms with Gasteiger partial charge in [0.1, 0.15) is 0 Å². The monoisotopic (exact) mass is 312 g/mol. The van der Waals surface area contributed by atoms with Crippen LogP contribution in [0.4, 0.5) is 5.69 Å². The number of hydrogen-bond donors (Lipinski definition) is 2. The molecule has 0 bridgehead atoms. The summed E-state index contributed by atoms with van der Waals surface area (Å²) in [6.45, 7) is 2.87. The van der Waals surface area contributed by atoms with E-state index in [-0.39, 0.29) is 5.91 Å². The second kappa shape index (κ2) is 7.61. The number of carbonyl (C=O) groups is 1. The van der Waals surface area contributed by atoms with Gasteiger partial charge in [-0.25, -0.2) is 0 Å². The van der Waals surface area contributed by atoms with Crippen molar-refractivity contribution in [2.75, 3.05) is 25.0 Å². The van der Waals surface area contributed by atoms with Crippen molar-refractivity contribution in [2.24, 2.45) is 11.8 Å². The van der Waals surface area contributed by atoms with Gasteiger partial charge in [0.15, 0.2) is 6.54 Å². The molecule has 1 unspecified atom stereocenters. The number of rotatable bonds is 4. The molecule has 1 saturated heterocycles. The molecule has 23 heavy (non-hydrogen) atoms. The second-order valence-electron chi connectivity index (χ2n) is 7.05. The fourth-order valence-corrected chi connectivity index (χ4v) is 4.19. The predicted molar refractivity (Wildman–Crippen MR) is 90.0 cm³/mol. The molecule has 0 aromatic heterocycles. The van der Waals surface area contributed by atoms with E-state index in [1.165, 1.54) is 43.5 Å². The summed E-state index contributed by atoms with van der Waals surface area (Å²) in [5, 5.41) is 11.7. The Hall–Kier alpha value is -1.86. The zero-order valence-electron chi connectivity index (χ0n) is 13.7. The lowest BCUT2D eigenvalue weighted by molar-refractivity contribution is -0.902. The Balaban J connectivity index is 1.48. The van der Waals surface area contributed by atoms with Crippen molar-refractivity contribution in [2.45, 2.75) is 38.5 Å². The molecule has 3 rings (SSSR count). The van der Waals surface area contributed by atoms with Crippen LogP contribution in [-0.4, -0.2) is 25.5 Å². The Kier molecular flexibility index (Phi) is 5.30. The molecule has 4 heteroatoms. The fraction of sp³-hybridized carbons (Fsp3) is 0.579. The van der Waals surface area contributed by atoms with Gasteiger partial charge in [-0.15, -0.1) is 0 Å². The minimum Gasteiger partial charge on any atom is -0.327 e. The summed E-state index contributed by atoms with van der Waals surface area (Å²) in [5.41, 5.74) is 1.80. The predicted octanol–water partition coefficient (Wildman–Crippen LogP) is 1.79. The maximum absolute atomic E-state index is 12.3. The number of piperidine rings is 1. The van der Waals surface area contributed by atoms with Crippen LogP contribution in [0.5, 0.6) is 0 Å². The molecular weight excluding hydrogens is 286 g/mol. The Morgan fingerprint density at radius 1 is 1.17 bits per heavy atom. The smallest absolute Gasteiger partial charge is 0.279 e. The molecule has 4 nitrogen and oxygen atoms in total. The number of anilines is 1. The van der Waals surface area contributed by atoms with Crippen molar-refractivity contribution < 1.29 is 9.69 Å². The number of quaternary nitrogens is 1. The van der Waals surface area contributed by atoms with Crippen LogP contribution < -0.4 is 10.2 Å². The molecule has 0 radical (unpaired) electrons. The summed E-state index contributed by atoms with van der Waals surface area (Å²) < 4.78 is 0. The van der Waals surface area contributed by atoms with Crippen LogP contribution in [0.1, 0.15) is 37.7 Å². The molecule has 2 N–H and O–H groups in total. The van der Waals surface area contributed by atoms with Gasteiger partial charge in [0.25, 0.3) is 5.91 Å². The molecule has 1 aromatic carbocycles. The first kappa shape index (κ1) is 16.0. The van der Waals surface area contributed by atoms with E-state index in [2.05, 4.69) is 11.4 Å². The minimum atomic E-state index is 0.0993. The van der Waals surface area contributed by atoms with Gasteiger partial charge < -0.3 is 10.2 Å². The molecule has 1 saturated carbocycles. The molecule has 3 atom stereocenters. The first-order valence-corrected chi connectivity index (χ1v) is 8.84. The van der Waals surface area contributed by atoms with Crippen LogP contribution in [0.3, 0.4) is 0 Å². The van der Waals surface area contributed by atoms with E-state index < -0.39 is 0 Å². The van der Waals surface area contributed by atoms with E-state index in [4.69, 9.17) is 5.26 Å². The van der Waals surface area contributed by atoms with Gasteiger partial charge in [-0.1, -0.05) is 25.0 Å². The van der Waals surface area contributed by atoms with Crippen molar-refractivity contribution in [1.29, 1.82) is 5.26 Å². The minimum absolute atomic E-state index is 0.0993. The van der Waals surface area contributed by atoms with Gasteiger partial charge in [-0.05, 0) is 42.9 Å². The van der Waals surface area contributed by atoms with Crippen LogP contribution in [0, 0.1) is 23.2 Å². The Labute approximate surface area is 138 Å². The van der Waals surface area contributed by atoms with Crippen molar-refractivity contribution in [1.82, 2.24) is 0 Å². The summed E-state index contributed by atoms with van der Waals surface area (Å²) >= 11 is 0. The Morgan fingerprint density at radius 2 is 1.91 bits per heavy atom. The van der Waals surface area contributed by atoms with E-state index in [9.17, 15) is 4.79 Å². The maximum Gasteiger partial charge on any atom is 0.279 e. The van der Waals surface area contributed by atoms with Crippen LogP contribution in [0.2, 0.25) is 0 Å². The lowest BCUT2D eigenvalue weighted by Gasteiger charge is -2.38. The third kappa shape index (κ3) is 4.33. The maximum atomic E-state index is 12.3. The molecule has 122 valence electrons. The van der Waals surface area contributed by atoms with Crippen LogP contribution in [-0.2, 0) is 11.2 Å². The number of hydrogen-bond acceptors (Lipinski definition) is 2. The summed E-state index contributed by atoms with van der Waals surface area (Å²) in [6, 6.07) is 9.70. The zero-order valence-corrected chi connectivity index (χ0v) is 13.7. The van der Waals surface area contributed by atoms with Crippen molar-refractivity contribution in [3.8, 4) is 6.07 Å². The molecule has 1 aromatic rings. The molecule has 1 heterocycles. The zero-order chi connectivity index (χ0) is 16.1. The van der Waals surface area contributed by atoms with E-state index in [1.54, 1.807) is 0 Å². The standard InChI is InChI=1S/C19H25N3O/c20-11-9-15-5-7-18(8-6-15)21-19(23)14-22-12-10-16-3-1-2-4-17(16)13-22/h5-8,16-17H,1-4,9-10,12-14H2,(H,21,23)/p+1/t16-,17+/m0/s1. The second-order valence-corrected chi connectivity index (χ2v) is 7.05. The topological polar surface area (TPSA) is 57.3 Å². The summed E-state index contributed by atoms with van der Waals surface area (Å²) in [6.07, 6.45) is 7.23. The van der Waals surface area contributed by atoms with Crippen molar-refractivity contribution in [3.05, 3.63) is 29.8 Å². The number of nitrogens with one attached hydrogen (secondary N) is 2. The summed E-state index contributed by atoms with van der Waals surface area (Å²) in [7, 11) is 0. The molecule has 2 aliphatic rings. The lowest BCUT2D eigenvalue weighted by Crippen LogP contribution is -3.15. The van der Waals surface area contributed by atoms with Gasteiger partial charge >= 0.3 is 0 Å². The normalized spacial score (nSPS) is 26.8. The van der Waals surface area contributed by atoms with Gasteiger partial charge in [0.2, 0.25) is 0 Å². The third-order valence-electron chi connectivity index (χ3n) is 5.42. The van der Waals surface area contributed by atoms with Gasteiger partial charge in [0, 0.05) is 11.6 Å². The van der Waals surface area contributed by atoms with Gasteiger partial charge in [0.05, 0.1) is 25.6 Å². The van der Waals surface area contributed by atoms with E-state index >= 15 is 0 Å². The molecule has 1 amide bonds. The highest BCUT2D eigenvalue weighted by Crippen LogP contribution is 2.32. The average Bonchev–Trinajstić information content (AvgIpc) is 2.57. The molecule has 1 aliphatic carbocycles. The number of fused-ring (bicyclic) bond motifs is 1. The first-order valence-electron chi connectivity index (χ1n) is 8.84. The number of amides is 1. The molecule has 0 spiro atoms. The van der Waals surface area contributed by atoms with E-state index in [0.717, 1.165) is 29.6 Å². The third-order valence-corrected chi connectivity index (χ3v) is 5.42. The highest BCUT2D eigenvalue weighted by molar-refractivity contribution is 5.91. The first-order chi connectivity index (χ1) is 11.2. The Morgan fingerprint density at radius 3 is 2.65 bits per heavy atom. The van der Waals surface area contributed by atoms with Gasteiger partial charge in [-0.2, -0.15) is 5.26 Å². The highest BCUT2D eigenvalue weighted by Gasteiger charge is 2.34. The van der Waals surface area contributed by atoms with E-state index in [1.807, 2.05) is 24.3 Å². The Bertz CT molecular complexity index is 575. The SMILES string of the molecule is N#CCc1ccc(NC(=O)C[NH+]2CC[C@@H]3CCCC[C@@H]3C2)cc1. The number of nitrogens with zero attached hydrogens (tertiary/aromatic N) is 1. The van der Waals surface area contributed by atoms with Crippen LogP contribution >= 0.6 is 0 Å². The van der Waals surface area contributed by atoms with Crippen LogP contribution in [0.25, 0.3) is 0 Å². The largest absolute Gasteiger partial charge is 0.327 e. The lowest BCUT2D eigenvalue weighted by atomic mass is 9.75. The van der Waals surface area contributed by atoms with Crippen LogP contribution in [0.15, 0.2) is 24.3 Å². The highest BCUT2D eigenvalue weighted by atomic mass is 16.2. The van der Waals surface area contributed by atoms with E-state index in [0.29, 0.717) is 13.0 Å². The summed E-state index contributed by atoms with van der Waals surface area (Å²) in [5.74, 6) is 1.86. The molecular formula is C19H26N3O+. The van der Waals surface area contributed by atoms with Crippen molar-refractivity contribution >= 4 is 11.6 Å².